The Bertz CT molecular complexity index is 2170. The molecule has 4 aromatic rings. The fraction of sp³-hybridized carbons (Fsp3) is 0.562. The lowest BCUT2D eigenvalue weighted by Crippen LogP contribution is -2.39. The van der Waals surface area contributed by atoms with Gasteiger partial charge < -0.3 is 34.9 Å². The maximum Gasteiger partial charge on any atom is 0.331 e. The largest absolute Gasteiger partial charge is 0.481 e. The Labute approximate surface area is 365 Å². The summed E-state index contributed by atoms with van der Waals surface area (Å²) in [5.74, 6) is 0.109. The van der Waals surface area contributed by atoms with E-state index in [9.17, 15) is 19.5 Å². The molecule has 6 rings (SSSR count). The summed E-state index contributed by atoms with van der Waals surface area (Å²) < 4.78 is 20.0. The van der Waals surface area contributed by atoms with Crippen LogP contribution in [0.1, 0.15) is 121 Å². The molecule has 62 heavy (non-hydrogen) atoms. The van der Waals surface area contributed by atoms with Gasteiger partial charge in [0, 0.05) is 31.4 Å². The van der Waals surface area contributed by atoms with Gasteiger partial charge in [-0.2, -0.15) is 0 Å². The summed E-state index contributed by atoms with van der Waals surface area (Å²) in [6.45, 7) is 21.1. The van der Waals surface area contributed by atoms with E-state index in [4.69, 9.17) is 25.8 Å². The number of aromatic nitrogens is 3. The molecular weight excluding hydrogens is 787 g/mol. The van der Waals surface area contributed by atoms with Crippen molar-refractivity contribution < 1.29 is 33.7 Å². The number of rotatable bonds is 21. The number of carbonyl (C=O) groups excluding carboxylic acids is 2. The van der Waals surface area contributed by atoms with Gasteiger partial charge in [0.15, 0.2) is 17.6 Å². The first-order chi connectivity index (χ1) is 29.9. The summed E-state index contributed by atoms with van der Waals surface area (Å²) in [6.07, 6.45) is 11.7. The quantitative estimate of drug-likeness (QED) is 0.0361. The van der Waals surface area contributed by atoms with Gasteiger partial charge in [0.2, 0.25) is 5.69 Å². The number of fused-ring (bicyclic) bond motifs is 1. The molecule has 1 aliphatic heterocycles. The van der Waals surface area contributed by atoms with Crippen molar-refractivity contribution in [2.24, 2.45) is 17.8 Å². The molecule has 0 spiro atoms. The van der Waals surface area contributed by atoms with Gasteiger partial charge in [-0.15, -0.1) is 0 Å². The second kappa shape index (κ2) is 22.0. The van der Waals surface area contributed by atoms with Crippen LogP contribution in [-0.2, 0) is 19.1 Å². The number of unbranched alkanes of at least 4 members (excludes halogenated alkanes) is 7. The molecule has 2 aliphatic rings. The lowest BCUT2D eigenvalue weighted by atomic mass is 9.75. The number of nitrogens with zero attached hydrogens (tertiary/aromatic N) is 4. The minimum atomic E-state index is -0.980. The Morgan fingerprint density at radius 1 is 0.984 bits per heavy atom. The van der Waals surface area contributed by atoms with Crippen LogP contribution in [0.25, 0.3) is 21.9 Å². The summed E-state index contributed by atoms with van der Waals surface area (Å²) >= 11 is 0. The Morgan fingerprint density at radius 2 is 1.69 bits per heavy atom. The summed E-state index contributed by atoms with van der Waals surface area (Å²) in [6, 6.07) is 11.8. The second-order valence-electron chi connectivity index (χ2n) is 17.4. The Kier molecular flexibility index (Phi) is 16.3. The normalized spacial score (nSPS) is 19.5. The number of aliphatic carboxylic acids is 1. The molecule has 4 N–H and O–H groups in total. The Balaban J connectivity index is 1.28. The molecule has 0 radical (unpaired) electrons. The van der Waals surface area contributed by atoms with Crippen LogP contribution in [0, 0.1) is 31.2 Å². The fourth-order valence-electron chi connectivity index (χ4n) is 9.06. The van der Waals surface area contributed by atoms with E-state index >= 15 is 0 Å². The minimum Gasteiger partial charge on any atom is -0.481 e. The number of benzene rings is 2. The van der Waals surface area contributed by atoms with Crippen molar-refractivity contribution >= 4 is 46.2 Å². The second-order valence-corrected chi connectivity index (χ2v) is 17.4. The molecule has 2 fully saturated rings. The number of carboxylic acids is 1. The molecule has 2 aromatic carbocycles. The number of aryl methyl sites for hydroxylation is 1. The van der Waals surface area contributed by atoms with Gasteiger partial charge in [0.1, 0.15) is 17.4 Å². The van der Waals surface area contributed by atoms with Gasteiger partial charge in [-0.25, -0.2) is 14.6 Å². The number of nitrogens with one attached hydrogen (secondary N) is 3. The average Bonchev–Trinajstić information content (AvgIpc) is 3.82. The number of morpholine rings is 1. The van der Waals surface area contributed by atoms with Gasteiger partial charge in [-0.3, -0.25) is 19.2 Å². The van der Waals surface area contributed by atoms with Crippen molar-refractivity contribution in [3.63, 3.8) is 0 Å². The number of anilines is 3. The fourth-order valence-corrected chi connectivity index (χ4v) is 9.06. The molecular formula is C48H65N7O7. The number of ether oxygens (including phenoxy) is 3. The van der Waals surface area contributed by atoms with E-state index in [1.165, 1.54) is 25.7 Å². The number of esters is 1. The van der Waals surface area contributed by atoms with Crippen molar-refractivity contribution in [2.45, 2.75) is 124 Å². The maximum absolute atomic E-state index is 13.8. The van der Waals surface area contributed by atoms with Crippen molar-refractivity contribution in [1.29, 1.82) is 0 Å². The van der Waals surface area contributed by atoms with Crippen molar-refractivity contribution in [3.8, 4) is 17.1 Å². The van der Waals surface area contributed by atoms with Crippen LogP contribution in [0.2, 0.25) is 0 Å². The number of carboxylic acid groups (broad SMARTS) is 1. The average molecular weight is 852 g/mol. The number of aromatic amines is 1. The number of hydrogen-bond acceptors (Lipinski definition) is 9. The highest BCUT2D eigenvalue weighted by Gasteiger charge is 2.36. The maximum atomic E-state index is 13.8. The monoisotopic (exact) mass is 851 g/mol. The first-order valence-corrected chi connectivity index (χ1v) is 22.7. The van der Waals surface area contributed by atoms with Gasteiger partial charge in [0.25, 0.3) is 5.91 Å². The van der Waals surface area contributed by atoms with Crippen LogP contribution in [0.4, 0.5) is 22.7 Å². The van der Waals surface area contributed by atoms with Crippen LogP contribution in [0.3, 0.4) is 0 Å². The highest BCUT2D eigenvalue weighted by Crippen LogP contribution is 2.39. The molecule has 2 aromatic heterocycles. The molecule has 0 bridgehead atoms. The highest BCUT2D eigenvalue weighted by molar-refractivity contribution is 6.03. The van der Waals surface area contributed by atoms with Crippen molar-refractivity contribution in [2.75, 3.05) is 43.1 Å². The highest BCUT2D eigenvalue weighted by atomic mass is 16.5. The van der Waals surface area contributed by atoms with Crippen LogP contribution >= 0.6 is 0 Å². The molecule has 1 saturated carbocycles. The van der Waals surface area contributed by atoms with Crippen LogP contribution in [0.15, 0.2) is 42.6 Å². The Morgan fingerprint density at radius 3 is 2.39 bits per heavy atom. The molecule has 14 heteroatoms. The molecule has 1 saturated heterocycles. The molecule has 334 valence electrons. The standard InChI is InChI=1S/C48H65N7O7/c1-7-8-9-10-11-12-13-14-15-41(47(58)50-21-20-42(56)57)61-40-19-16-31(2)28-37(40)51-36-29-35(17-18-39(36)54-22-24-60-25-23-54)45-52-46-43(38(49-6)30-55(46)53-45)48(59)62-44-33(4)26-32(3)27-34(44)5/h16-19,28-30,32-34,41,44,51H,7-15,20-27H2,1-5H3,(H,50,58)(H,52,53)(H,56,57). The lowest BCUT2D eigenvalue weighted by Gasteiger charge is -2.37. The van der Waals surface area contributed by atoms with Crippen molar-refractivity contribution in [3.05, 3.63) is 65.1 Å². The number of amides is 1. The summed E-state index contributed by atoms with van der Waals surface area (Å²) in [5, 5.41) is 18.9. The number of carbonyl (C=O) groups is 3. The zero-order valence-corrected chi connectivity index (χ0v) is 37.1. The van der Waals surface area contributed by atoms with E-state index < -0.39 is 18.0 Å². The van der Waals surface area contributed by atoms with E-state index in [0.29, 0.717) is 61.6 Å². The summed E-state index contributed by atoms with van der Waals surface area (Å²) in [4.78, 5) is 49.4. The molecule has 3 atom stereocenters. The lowest BCUT2D eigenvalue weighted by molar-refractivity contribution is -0.137. The zero-order valence-electron chi connectivity index (χ0n) is 37.1. The van der Waals surface area contributed by atoms with E-state index in [1.54, 1.807) is 10.7 Å². The zero-order chi connectivity index (χ0) is 44.2. The number of H-pyrrole nitrogens is 1. The first-order valence-electron chi connectivity index (χ1n) is 22.7. The third kappa shape index (κ3) is 11.9. The number of hydrogen-bond donors (Lipinski definition) is 4. The third-order valence-corrected chi connectivity index (χ3v) is 12.2. The minimum absolute atomic E-state index is 0.0162. The smallest absolute Gasteiger partial charge is 0.331 e. The summed E-state index contributed by atoms with van der Waals surface area (Å²) in [5.41, 5.74) is 4.74. The predicted octanol–water partition coefficient (Wildman–Crippen LogP) is 9.87. The Hall–Kier alpha value is -5.55. The van der Waals surface area contributed by atoms with Gasteiger partial charge in [-0.1, -0.05) is 78.7 Å². The van der Waals surface area contributed by atoms with Crippen LogP contribution in [0.5, 0.6) is 5.75 Å². The van der Waals surface area contributed by atoms with E-state index in [2.05, 4.69) is 53.2 Å². The third-order valence-electron chi connectivity index (χ3n) is 12.2. The van der Waals surface area contributed by atoms with E-state index in [-0.39, 0.29) is 48.1 Å². The molecule has 3 unspecified atom stereocenters. The molecule has 3 heterocycles. The topological polar surface area (TPSA) is 164 Å². The van der Waals surface area contributed by atoms with Gasteiger partial charge in [-0.05, 0) is 86.3 Å². The SMILES string of the molecule is [C-]#[N+]c1cn2[nH]c(-c3ccc(N4CCOCC4)c(Nc4cc(C)ccc4OC(CCCCCCCCCC)C(=O)NCCC(=O)O)c3)nc2c1C(=O)OC1C(C)CC(C)CC1C. The van der Waals surface area contributed by atoms with Crippen molar-refractivity contribution in [1.82, 2.24) is 19.9 Å². The van der Waals surface area contributed by atoms with E-state index in [0.717, 1.165) is 61.0 Å². The van der Waals surface area contributed by atoms with Crippen LogP contribution < -0.4 is 20.3 Å². The van der Waals surface area contributed by atoms with Crippen LogP contribution in [-0.4, -0.2) is 82.6 Å². The molecule has 1 amide bonds. The van der Waals surface area contributed by atoms with Gasteiger partial charge >= 0.3 is 11.9 Å². The van der Waals surface area contributed by atoms with Gasteiger partial charge in [0.05, 0.1) is 43.3 Å². The summed E-state index contributed by atoms with van der Waals surface area (Å²) in [7, 11) is 0. The predicted molar refractivity (Wildman–Crippen MR) is 242 cm³/mol. The molecule has 14 nitrogen and oxygen atoms in total. The molecule has 1 aliphatic carbocycles. The van der Waals surface area contributed by atoms with E-state index in [1.807, 2.05) is 43.3 Å². The first kappa shape index (κ1) is 46.0.